The molecule has 0 aliphatic heterocycles. The van der Waals surface area contributed by atoms with E-state index in [0.717, 1.165) is 16.2 Å². The van der Waals surface area contributed by atoms with Gasteiger partial charge in [0.2, 0.25) is 5.88 Å². The monoisotopic (exact) mass is 303 g/mol. The van der Waals surface area contributed by atoms with Crippen molar-refractivity contribution >= 4 is 27.9 Å². The average molecular weight is 304 g/mol. The second-order valence-corrected chi connectivity index (χ2v) is 5.39. The Hall–Kier alpha value is -2.03. The van der Waals surface area contributed by atoms with Gasteiger partial charge in [0, 0.05) is 11.6 Å². The molecule has 0 unspecified atom stereocenters. The highest BCUT2D eigenvalue weighted by atomic mass is 35.5. The lowest BCUT2D eigenvalue weighted by Crippen LogP contribution is -1.93. The maximum Gasteiger partial charge on any atom is 0.243 e. The zero-order chi connectivity index (χ0) is 14.1. The summed E-state index contributed by atoms with van der Waals surface area (Å²) in [6.45, 7) is 1.93. The van der Waals surface area contributed by atoms with Crippen LogP contribution < -0.4 is 4.74 Å². The third kappa shape index (κ3) is 2.13. The number of aryl methyl sites for hydroxylation is 1. The number of ether oxygens (including phenoxy) is 1. The normalized spacial score (nSPS) is 10.7. The van der Waals surface area contributed by atoms with E-state index in [1.807, 2.05) is 29.0 Å². The van der Waals surface area contributed by atoms with Crippen LogP contribution in [-0.4, -0.2) is 9.38 Å². The number of hydrogen-bond acceptors (Lipinski definition) is 4. The maximum atomic E-state index is 8.96. The van der Waals surface area contributed by atoms with E-state index in [2.05, 4.69) is 11.1 Å². The predicted molar refractivity (Wildman–Crippen MR) is 78.6 cm³/mol. The van der Waals surface area contributed by atoms with E-state index in [9.17, 15) is 0 Å². The Kier molecular flexibility index (Phi) is 3.35. The van der Waals surface area contributed by atoms with Gasteiger partial charge in [-0.2, -0.15) is 10.2 Å². The number of nitrogens with zero attached hydrogens (tertiary/aromatic N) is 3. The maximum absolute atomic E-state index is 8.96. The molecule has 0 saturated carbocycles. The second-order valence-electron chi connectivity index (χ2n) is 4.25. The van der Waals surface area contributed by atoms with Crippen LogP contribution in [0.15, 0.2) is 29.8 Å². The molecule has 0 radical (unpaired) electrons. The van der Waals surface area contributed by atoms with Crippen molar-refractivity contribution in [3.8, 4) is 17.7 Å². The number of hydrogen-bond donors (Lipinski definition) is 0. The van der Waals surface area contributed by atoms with Crippen LogP contribution in [-0.2, 0) is 5.88 Å². The van der Waals surface area contributed by atoms with Crippen molar-refractivity contribution in [2.75, 3.05) is 0 Å². The highest BCUT2D eigenvalue weighted by Gasteiger charge is 2.15. The molecule has 2 aromatic heterocycles. The van der Waals surface area contributed by atoms with Crippen molar-refractivity contribution < 1.29 is 4.74 Å². The number of benzene rings is 1. The number of thiazole rings is 1. The first-order valence-corrected chi connectivity index (χ1v) is 7.33. The Morgan fingerprint density at radius 3 is 3.10 bits per heavy atom. The fraction of sp³-hybridized carbons (Fsp3) is 0.143. The molecular formula is C14H10ClN3OS. The first-order valence-electron chi connectivity index (χ1n) is 5.92. The molecule has 0 saturated heterocycles. The summed E-state index contributed by atoms with van der Waals surface area (Å²) < 4.78 is 7.77. The van der Waals surface area contributed by atoms with Gasteiger partial charge in [-0.1, -0.05) is 6.07 Å². The van der Waals surface area contributed by atoms with Gasteiger partial charge in [-0.15, -0.1) is 22.9 Å². The van der Waals surface area contributed by atoms with E-state index < -0.39 is 0 Å². The molecule has 100 valence electrons. The van der Waals surface area contributed by atoms with Crippen molar-refractivity contribution in [2.45, 2.75) is 12.8 Å². The summed E-state index contributed by atoms with van der Waals surface area (Å²) in [4.78, 5) is 5.27. The smallest absolute Gasteiger partial charge is 0.243 e. The van der Waals surface area contributed by atoms with E-state index in [-0.39, 0.29) is 0 Å². The summed E-state index contributed by atoms with van der Waals surface area (Å²) in [5.74, 6) is 1.43. The average Bonchev–Trinajstić information content (AvgIpc) is 3.01. The molecular weight excluding hydrogens is 294 g/mol. The molecule has 1 aromatic carbocycles. The molecule has 0 spiro atoms. The first-order chi connectivity index (χ1) is 9.72. The van der Waals surface area contributed by atoms with Crippen LogP contribution in [0, 0.1) is 18.3 Å². The van der Waals surface area contributed by atoms with Gasteiger partial charge in [0.1, 0.15) is 11.4 Å². The van der Waals surface area contributed by atoms with Crippen molar-refractivity contribution in [3.63, 3.8) is 0 Å². The number of halogens is 1. The van der Waals surface area contributed by atoms with E-state index in [1.54, 1.807) is 12.1 Å². The van der Waals surface area contributed by atoms with Crippen molar-refractivity contribution in [1.82, 2.24) is 9.38 Å². The summed E-state index contributed by atoms with van der Waals surface area (Å²) >= 11 is 7.51. The number of nitriles is 1. The van der Waals surface area contributed by atoms with E-state index in [1.165, 1.54) is 11.3 Å². The third-order valence-electron chi connectivity index (χ3n) is 2.97. The Balaban J connectivity index is 2.05. The third-order valence-corrected chi connectivity index (χ3v) is 3.98. The fourth-order valence-corrected chi connectivity index (χ4v) is 2.87. The molecule has 3 aromatic rings. The summed E-state index contributed by atoms with van der Waals surface area (Å²) in [5.41, 5.74) is 2.31. The summed E-state index contributed by atoms with van der Waals surface area (Å²) in [7, 11) is 0. The van der Waals surface area contributed by atoms with Crippen LogP contribution in [0.2, 0.25) is 0 Å². The fourth-order valence-electron chi connectivity index (χ4n) is 1.90. The number of rotatable bonds is 3. The lowest BCUT2D eigenvalue weighted by atomic mass is 10.1. The topological polar surface area (TPSA) is 50.3 Å². The van der Waals surface area contributed by atoms with Gasteiger partial charge >= 0.3 is 0 Å². The van der Waals surface area contributed by atoms with E-state index in [4.69, 9.17) is 21.6 Å². The first kappa shape index (κ1) is 13.0. The largest absolute Gasteiger partial charge is 0.437 e. The minimum Gasteiger partial charge on any atom is -0.437 e. The molecule has 0 bridgehead atoms. The molecule has 0 aliphatic rings. The van der Waals surface area contributed by atoms with Crippen molar-refractivity contribution in [1.29, 1.82) is 5.26 Å². The number of fused-ring (bicyclic) bond motifs is 1. The molecule has 20 heavy (non-hydrogen) atoms. The molecule has 0 amide bonds. The minimum absolute atomic E-state index is 0.310. The number of imidazole rings is 1. The van der Waals surface area contributed by atoms with Crippen LogP contribution in [0.1, 0.15) is 16.8 Å². The molecule has 0 atom stereocenters. The highest BCUT2D eigenvalue weighted by molar-refractivity contribution is 7.15. The van der Waals surface area contributed by atoms with E-state index in [0.29, 0.717) is 23.1 Å². The lowest BCUT2D eigenvalue weighted by Gasteiger charge is -2.07. The van der Waals surface area contributed by atoms with Gasteiger partial charge in [-0.05, 0) is 24.6 Å². The van der Waals surface area contributed by atoms with Gasteiger partial charge in [0.05, 0.1) is 17.5 Å². The van der Waals surface area contributed by atoms with E-state index >= 15 is 0 Å². The van der Waals surface area contributed by atoms with Crippen LogP contribution in [0.3, 0.4) is 0 Å². The lowest BCUT2D eigenvalue weighted by molar-refractivity contribution is 0.458. The second kappa shape index (κ2) is 5.16. The predicted octanol–water partition coefficient (Wildman–Crippen LogP) is 4.11. The Labute approximate surface area is 124 Å². The van der Waals surface area contributed by atoms with Gasteiger partial charge in [-0.3, -0.25) is 4.40 Å². The zero-order valence-corrected chi connectivity index (χ0v) is 12.2. The Bertz CT molecular complexity index is 816. The van der Waals surface area contributed by atoms with Crippen LogP contribution >= 0.6 is 22.9 Å². The zero-order valence-electron chi connectivity index (χ0n) is 10.6. The number of aromatic nitrogens is 2. The van der Waals surface area contributed by atoms with Gasteiger partial charge in [-0.25, -0.2) is 0 Å². The quantitative estimate of drug-likeness (QED) is 0.684. The standard InChI is InChI=1S/C14H10ClN3OS/c1-9-2-3-10(8-16)6-12(9)19-13-11(7-15)18-4-5-20-14(18)17-13/h2-6H,7H2,1H3. The summed E-state index contributed by atoms with van der Waals surface area (Å²) in [6.07, 6.45) is 1.91. The van der Waals surface area contributed by atoms with Gasteiger partial charge in [0.25, 0.3) is 0 Å². The molecule has 6 heteroatoms. The van der Waals surface area contributed by atoms with Crippen LogP contribution in [0.25, 0.3) is 4.96 Å². The van der Waals surface area contributed by atoms with Crippen molar-refractivity contribution in [3.05, 3.63) is 46.6 Å². The summed E-state index contributed by atoms with van der Waals surface area (Å²) in [6, 6.07) is 7.42. The Morgan fingerprint density at radius 1 is 1.50 bits per heavy atom. The molecule has 0 fully saturated rings. The summed E-state index contributed by atoms with van der Waals surface area (Å²) in [5, 5.41) is 10.9. The molecule has 0 aliphatic carbocycles. The van der Waals surface area contributed by atoms with Gasteiger partial charge in [0.15, 0.2) is 4.96 Å². The van der Waals surface area contributed by atoms with Crippen molar-refractivity contribution in [2.24, 2.45) is 0 Å². The number of alkyl halides is 1. The molecule has 0 N–H and O–H groups in total. The SMILES string of the molecule is Cc1ccc(C#N)cc1Oc1nc2sccn2c1CCl. The Morgan fingerprint density at radius 2 is 2.35 bits per heavy atom. The molecule has 3 rings (SSSR count). The van der Waals surface area contributed by atoms with Crippen LogP contribution in [0.4, 0.5) is 0 Å². The minimum atomic E-state index is 0.310. The molecule has 2 heterocycles. The molecule has 4 nitrogen and oxygen atoms in total. The van der Waals surface area contributed by atoms with Crippen LogP contribution in [0.5, 0.6) is 11.6 Å². The highest BCUT2D eigenvalue weighted by Crippen LogP contribution is 2.31. The van der Waals surface area contributed by atoms with Gasteiger partial charge < -0.3 is 4.74 Å².